The molecular formula is C58H41BN2S. The smallest absolute Gasteiger partial charge is 0.333 e. The number of nitrogens with zero attached hydrogens (tertiary/aromatic N) is 2. The minimum absolute atomic E-state index is 0.0943. The second kappa shape index (κ2) is 11.9. The maximum Gasteiger partial charge on any atom is 0.333 e. The number of benzene rings is 9. The number of fused-ring (bicyclic) bond motifs is 14. The van der Waals surface area contributed by atoms with Gasteiger partial charge in [0.05, 0.1) is 16.1 Å². The van der Waals surface area contributed by atoms with E-state index < -0.39 is 0 Å². The predicted octanol–water partition coefficient (Wildman–Crippen LogP) is 14.5. The van der Waals surface area contributed by atoms with Crippen molar-refractivity contribution < 1.29 is 0 Å². The summed E-state index contributed by atoms with van der Waals surface area (Å²) in [5.74, 6) is 0. The summed E-state index contributed by atoms with van der Waals surface area (Å²) in [5, 5.41) is 5.20. The van der Waals surface area contributed by atoms with E-state index in [1.165, 1.54) is 126 Å². The average molecular weight is 809 g/mol. The summed E-state index contributed by atoms with van der Waals surface area (Å²) in [5.41, 5.74) is 22.0. The minimum Gasteiger partial charge on any atom is -0.376 e. The zero-order chi connectivity index (χ0) is 41.2. The Morgan fingerprint density at radius 1 is 0.452 bits per heavy atom. The van der Waals surface area contributed by atoms with Crippen LogP contribution in [-0.4, -0.2) is 6.85 Å². The molecule has 9 aromatic carbocycles. The van der Waals surface area contributed by atoms with Gasteiger partial charge >= 0.3 is 6.85 Å². The van der Waals surface area contributed by atoms with E-state index in [0.717, 1.165) is 0 Å². The lowest BCUT2D eigenvalue weighted by Crippen LogP contribution is -2.62. The van der Waals surface area contributed by atoms with Crippen molar-refractivity contribution in [3.8, 4) is 33.4 Å². The lowest BCUT2D eigenvalue weighted by Gasteiger charge is -2.51. The Labute approximate surface area is 366 Å². The van der Waals surface area contributed by atoms with E-state index >= 15 is 0 Å². The van der Waals surface area contributed by atoms with Crippen LogP contribution in [0, 0.1) is 0 Å². The van der Waals surface area contributed by atoms with E-state index in [4.69, 9.17) is 0 Å². The molecule has 0 bridgehead atoms. The Balaban J connectivity index is 1.17. The van der Waals surface area contributed by atoms with E-state index in [2.05, 4.69) is 213 Å². The lowest BCUT2D eigenvalue weighted by atomic mass is 9.42. The number of hydrogen-bond donors (Lipinski definition) is 0. The number of hydrogen-bond acceptors (Lipinski definition) is 3. The van der Waals surface area contributed by atoms with Gasteiger partial charge in [0.1, 0.15) is 0 Å². The molecule has 0 fully saturated rings. The third kappa shape index (κ3) is 4.30. The van der Waals surface area contributed by atoms with Crippen LogP contribution in [0.1, 0.15) is 49.9 Å². The maximum absolute atomic E-state index is 2.77. The molecule has 2 nitrogen and oxygen atoms in total. The fourth-order valence-corrected chi connectivity index (χ4v) is 13.4. The van der Waals surface area contributed by atoms with E-state index in [9.17, 15) is 0 Å². The average Bonchev–Trinajstić information content (AvgIpc) is 3.80. The van der Waals surface area contributed by atoms with Crippen LogP contribution in [0.2, 0.25) is 0 Å². The first-order valence-electron chi connectivity index (χ1n) is 22.0. The third-order valence-electron chi connectivity index (χ3n) is 14.9. The van der Waals surface area contributed by atoms with E-state index in [-0.39, 0.29) is 17.7 Å². The van der Waals surface area contributed by atoms with Gasteiger partial charge in [-0.25, -0.2) is 0 Å². The summed E-state index contributed by atoms with van der Waals surface area (Å²) < 4.78 is 2.68. The van der Waals surface area contributed by atoms with Crippen molar-refractivity contribution in [1.82, 2.24) is 0 Å². The highest BCUT2D eigenvalue weighted by atomic mass is 32.1. The number of anilines is 5. The molecular weight excluding hydrogens is 768 g/mol. The maximum atomic E-state index is 2.77. The Hall–Kier alpha value is -6.88. The molecule has 1 aromatic heterocycles. The van der Waals surface area contributed by atoms with E-state index in [1.54, 1.807) is 0 Å². The Bertz CT molecular complexity index is 3620. The summed E-state index contributed by atoms with van der Waals surface area (Å²) in [7, 11) is 0. The van der Waals surface area contributed by atoms with Crippen molar-refractivity contribution in [2.75, 3.05) is 9.71 Å². The van der Waals surface area contributed by atoms with Gasteiger partial charge in [-0.3, -0.25) is 0 Å². The zero-order valence-corrected chi connectivity index (χ0v) is 35.9. The van der Waals surface area contributed by atoms with Gasteiger partial charge in [0.2, 0.25) is 0 Å². The molecule has 0 saturated heterocycles. The highest BCUT2D eigenvalue weighted by Crippen LogP contribution is 2.60. The monoisotopic (exact) mass is 808 g/mol. The molecule has 0 N–H and O–H groups in total. The van der Waals surface area contributed by atoms with Crippen LogP contribution in [-0.2, 0) is 10.8 Å². The van der Waals surface area contributed by atoms with E-state index in [0.29, 0.717) is 0 Å². The lowest BCUT2D eigenvalue weighted by molar-refractivity contribution is 0.633. The molecule has 62 heavy (non-hydrogen) atoms. The molecule has 0 atom stereocenters. The van der Waals surface area contributed by atoms with Crippen LogP contribution < -0.4 is 20.6 Å². The molecule has 10 aromatic rings. The number of rotatable bonds is 2. The van der Waals surface area contributed by atoms with Crippen LogP contribution in [0.25, 0.3) is 64.3 Å². The molecule has 3 aliphatic heterocycles. The highest BCUT2D eigenvalue weighted by Gasteiger charge is 2.52. The first-order valence-corrected chi connectivity index (χ1v) is 22.8. The highest BCUT2D eigenvalue weighted by molar-refractivity contribution is 7.26. The molecule has 4 aliphatic rings. The van der Waals surface area contributed by atoms with Gasteiger partial charge in [0, 0.05) is 48.9 Å². The summed E-state index contributed by atoms with van der Waals surface area (Å²) in [4.78, 5) is 5.48. The molecule has 14 rings (SSSR count). The van der Waals surface area contributed by atoms with Crippen LogP contribution in [0.3, 0.4) is 0 Å². The SMILES string of the molecule is CC1(C)c2cc3ccccc3cc2N2c3c(cccc31)B1c3c(cc4c(sc5ccccc54)c32)-c2ccc(-c3ccccc3)cc2N1c1cccc2c1C(C)(C)c1ccccc1-2. The van der Waals surface area contributed by atoms with Gasteiger partial charge in [0.25, 0.3) is 0 Å². The predicted molar refractivity (Wildman–Crippen MR) is 266 cm³/mol. The van der Waals surface area contributed by atoms with Crippen LogP contribution >= 0.6 is 11.3 Å². The minimum atomic E-state index is -0.245. The molecule has 0 spiro atoms. The van der Waals surface area contributed by atoms with Crippen molar-refractivity contribution in [3.05, 3.63) is 198 Å². The van der Waals surface area contributed by atoms with Gasteiger partial charge in [0.15, 0.2) is 0 Å². The van der Waals surface area contributed by atoms with Crippen molar-refractivity contribution in [3.63, 3.8) is 0 Å². The molecule has 4 heterocycles. The second-order valence-electron chi connectivity index (χ2n) is 18.8. The van der Waals surface area contributed by atoms with Gasteiger partial charge in [-0.05, 0) is 108 Å². The van der Waals surface area contributed by atoms with Gasteiger partial charge in [-0.15, -0.1) is 11.3 Å². The fraction of sp³-hybridized carbons (Fsp3) is 0.103. The third-order valence-corrected chi connectivity index (χ3v) is 16.1. The second-order valence-corrected chi connectivity index (χ2v) is 19.9. The zero-order valence-electron chi connectivity index (χ0n) is 35.1. The Morgan fingerprint density at radius 3 is 2.05 bits per heavy atom. The van der Waals surface area contributed by atoms with Crippen molar-refractivity contribution in [2.45, 2.75) is 38.5 Å². The van der Waals surface area contributed by atoms with Crippen molar-refractivity contribution in [2.24, 2.45) is 0 Å². The quantitative estimate of drug-likeness (QED) is 0.161. The first kappa shape index (κ1) is 34.8. The van der Waals surface area contributed by atoms with Crippen LogP contribution in [0.15, 0.2) is 176 Å². The summed E-state index contributed by atoms with van der Waals surface area (Å²) in [6, 6.07) is 67.0. The summed E-state index contributed by atoms with van der Waals surface area (Å²) >= 11 is 1.95. The van der Waals surface area contributed by atoms with Gasteiger partial charge < -0.3 is 9.71 Å². The number of para-hydroxylation sites is 1. The van der Waals surface area contributed by atoms with Gasteiger partial charge in [-0.1, -0.05) is 167 Å². The standard InChI is InChI=1S/C58H41BN2S/c1-57(2)45-24-15-25-47-54(45)60(50-32-36-19-9-8-18-35(36)30-46(50)57)55-53-42(33-43-40-21-11-13-27-51(40)62-56(43)55)39-29-28-37(34-16-6-5-7-17-34)31-49(39)61(59(47)53)48-26-14-22-41-38-20-10-12-23-44(38)58(3,4)52(41)48/h5-33H,1-4H3. The van der Waals surface area contributed by atoms with Gasteiger partial charge in [-0.2, -0.15) is 0 Å². The topological polar surface area (TPSA) is 6.48 Å². The molecule has 0 amide bonds. The molecule has 4 heteroatoms. The normalized spacial score (nSPS) is 15.6. The first-order chi connectivity index (χ1) is 30.3. The molecule has 0 unspecified atom stereocenters. The molecule has 0 saturated carbocycles. The number of thiophene rings is 1. The van der Waals surface area contributed by atoms with E-state index in [1.807, 2.05) is 11.3 Å². The van der Waals surface area contributed by atoms with Crippen LogP contribution in [0.4, 0.5) is 28.4 Å². The Kier molecular flexibility index (Phi) is 6.70. The molecule has 292 valence electrons. The van der Waals surface area contributed by atoms with Crippen molar-refractivity contribution in [1.29, 1.82) is 0 Å². The van der Waals surface area contributed by atoms with Crippen LogP contribution in [0.5, 0.6) is 0 Å². The summed E-state index contributed by atoms with van der Waals surface area (Å²) in [6.07, 6.45) is 0. The Morgan fingerprint density at radius 2 is 1.18 bits per heavy atom. The molecule has 1 aliphatic carbocycles. The molecule has 0 radical (unpaired) electrons. The fourth-order valence-electron chi connectivity index (χ4n) is 12.1. The van der Waals surface area contributed by atoms with Crippen molar-refractivity contribution >= 4 is 88.5 Å². The largest absolute Gasteiger partial charge is 0.376 e. The summed E-state index contributed by atoms with van der Waals surface area (Å²) in [6.45, 7) is 9.66.